The zero-order valence-corrected chi connectivity index (χ0v) is 19.8. The third kappa shape index (κ3) is 4.03. The van der Waals surface area contributed by atoms with Gasteiger partial charge in [-0.05, 0) is 31.0 Å². The van der Waals surface area contributed by atoms with Crippen LogP contribution in [0.1, 0.15) is 44.0 Å². The number of carbonyl (C=O) groups is 1. The fourth-order valence-electron chi connectivity index (χ4n) is 3.62. The van der Waals surface area contributed by atoms with E-state index in [4.69, 9.17) is 13.9 Å². The lowest BCUT2D eigenvalue weighted by atomic mass is 10.1. The SMILES string of the molecule is COc1cc(C=O)c([N+](=O)[O-])c(N2CCC[C@]2(CO)O[Si](C)(C)C(C)(C)C)c1OC. The first-order valence-electron chi connectivity index (χ1n) is 9.86. The van der Waals surface area contributed by atoms with E-state index in [1.54, 1.807) is 4.90 Å². The molecule has 2 rings (SSSR count). The minimum Gasteiger partial charge on any atom is -0.493 e. The van der Waals surface area contributed by atoms with Gasteiger partial charge in [0.25, 0.3) is 0 Å². The first-order chi connectivity index (χ1) is 13.9. The number of aldehydes is 1. The highest BCUT2D eigenvalue weighted by Crippen LogP contribution is 2.52. The van der Waals surface area contributed by atoms with Gasteiger partial charge >= 0.3 is 5.69 Å². The van der Waals surface area contributed by atoms with Gasteiger partial charge in [0.15, 0.2) is 37.5 Å². The maximum Gasteiger partial charge on any atom is 0.307 e. The number of methoxy groups -OCH3 is 2. The molecule has 1 N–H and O–H groups in total. The van der Waals surface area contributed by atoms with Crippen molar-refractivity contribution in [1.82, 2.24) is 0 Å². The third-order valence-corrected chi connectivity index (χ3v) is 10.7. The van der Waals surface area contributed by atoms with E-state index in [1.165, 1.54) is 20.3 Å². The Morgan fingerprint density at radius 3 is 2.40 bits per heavy atom. The highest BCUT2D eigenvalue weighted by Gasteiger charge is 2.52. The predicted molar refractivity (Wildman–Crippen MR) is 116 cm³/mol. The summed E-state index contributed by atoms with van der Waals surface area (Å²) in [5.74, 6) is 0.333. The number of hydrogen-bond donors (Lipinski definition) is 1. The van der Waals surface area contributed by atoms with Crippen LogP contribution >= 0.6 is 0 Å². The van der Waals surface area contributed by atoms with Crippen molar-refractivity contribution in [1.29, 1.82) is 0 Å². The Kier molecular flexibility index (Phi) is 6.84. The van der Waals surface area contributed by atoms with Crippen molar-refractivity contribution in [2.75, 3.05) is 32.3 Å². The Morgan fingerprint density at radius 1 is 1.33 bits per heavy atom. The van der Waals surface area contributed by atoms with Gasteiger partial charge in [-0.1, -0.05) is 20.8 Å². The number of hydrogen-bond acceptors (Lipinski definition) is 8. The van der Waals surface area contributed by atoms with E-state index in [2.05, 4.69) is 33.9 Å². The third-order valence-electron chi connectivity index (χ3n) is 6.17. The summed E-state index contributed by atoms with van der Waals surface area (Å²) >= 11 is 0. The van der Waals surface area contributed by atoms with Gasteiger partial charge < -0.3 is 23.9 Å². The van der Waals surface area contributed by atoms with E-state index in [0.717, 1.165) is 0 Å². The summed E-state index contributed by atoms with van der Waals surface area (Å²) in [7, 11) is 0.419. The van der Waals surface area contributed by atoms with Gasteiger partial charge in [-0.25, -0.2) is 0 Å². The predicted octanol–water partition coefficient (Wildman–Crippen LogP) is 3.74. The number of rotatable bonds is 8. The molecule has 0 saturated carbocycles. The molecule has 30 heavy (non-hydrogen) atoms. The summed E-state index contributed by atoms with van der Waals surface area (Å²) in [6, 6.07) is 1.29. The Hall–Kier alpha value is -2.17. The van der Waals surface area contributed by atoms with E-state index >= 15 is 0 Å². The molecule has 1 aromatic carbocycles. The molecule has 0 radical (unpaired) electrons. The normalized spacial score (nSPS) is 19.7. The van der Waals surface area contributed by atoms with Crippen molar-refractivity contribution in [2.45, 2.75) is 57.5 Å². The first kappa shape index (κ1) is 24.1. The van der Waals surface area contributed by atoms with Crippen molar-refractivity contribution >= 4 is 26.0 Å². The summed E-state index contributed by atoms with van der Waals surface area (Å²) in [4.78, 5) is 24.7. The van der Waals surface area contributed by atoms with Crippen molar-refractivity contribution in [2.24, 2.45) is 0 Å². The molecule has 1 saturated heterocycles. The van der Waals surface area contributed by atoms with Crippen LogP contribution in [0.3, 0.4) is 0 Å². The molecule has 10 heteroatoms. The Morgan fingerprint density at radius 2 is 1.97 bits per heavy atom. The molecular formula is C20H32N2O7Si. The van der Waals surface area contributed by atoms with Gasteiger partial charge in [-0.15, -0.1) is 0 Å². The van der Waals surface area contributed by atoms with E-state index in [9.17, 15) is 20.0 Å². The van der Waals surface area contributed by atoms with Gasteiger partial charge in [-0.2, -0.15) is 0 Å². The Balaban J connectivity index is 2.80. The van der Waals surface area contributed by atoms with Crippen molar-refractivity contribution in [3.63, 3.8) is 0 Å². The molecule has 9 nitrogen and oxygen atoms in total. The molecule has 0 aromatic heterocycles. The highest BCUT2D eigenvalue weighted by molar-refractivity contribution is 6.74. The largest absolute Gasteiger partial charge is 0.493 e. The summed E-state index contributed by atoms with van der Waals surface area (Å²) in [5.41, 5.74) is -1.58. The molecule has 0 amide bonds. The zero-order chi connectivity index (χ0) is 22.9. The molecule has 168 valence electrons. The highest BCUT2D eigenvalue weighted by atomic mass is 28.4. The smallest absolute Gasteiger partial charge is 0.307 e. The average Bonchev–Trinajstić information content (AvgIpc) is 3.07. The van der Waals surface area contributed by atoms with E-state index in [0.29, 0.717) is 25.7 Å². The van der Waals surface area contributed by atoms with Gasteiger partial charge in [0.2, 0.25) is 0 Å². The van der Waals surface area contributed by atoms with Crippen LogP contribution in [-0.4, -0.2) is 57.7 Å². The molecule has 1 atom stereocenters. The molecule has 0 spiro atoms. The first-order valence-corrected chi connectivity index (χ1v) is 12.8. The number of anilines is 1. The summed E-state index contributed by atoms with van der Waals surface area (Å²) < 4.78 is 17.5. The topological polar surface area (TPSA) is 111 Å². The maximum atomic E-state index is 12.0. The molecule has 0 bridgehead atoms. The zero-order valence-electron chi connectivity index (χ0n) is 18.8. The molecule has 1 aliphatic heterocycles. The molecular weight excluding hydrogens is 408 g/mol. The van der Waals surface area contributed by atoms with Crippen molar-refractivity contribution in [3.05, 3.63) is 21.7 Å². The second-order valence-electron chi connectivity index (χ2n) is 9.00. The summed E-state index contributed by atoms with van der Waals surface area (Å²) in [6.07, 6.45) is 1.57. The van der Waals surface area contributed by atoms with Crippen molar-refractivity contribution < 1.29 is 28.7 Å². The molecule has 1 fully saturated rings. The number of carbonyl (C=O) groups excluding carboxylic acids is 1. The summed E-state index contributed by atoms with van der Waals surface area (Å²) in [5, 5.41) is 22.3. The standard InChI is InChI=1S/C20H32N2O7Si/c1-19(2,3)30(6,7)29-20(13-24)9-8-10-21(20)17-16(22(25)26)14(12-23)11-15(27-4)18(17)28-5/h11-12,24H,8-10,13H2,1-7H3/t20-/m1/s1. The average molecular weight is 441 g/mol. The van der Waals surface area contributed by atoms with Crippen LogP contribution in [0.15, 0.2) is 6.07 Å². The van der Waals surface area contributed by atoms with Gasteiger partial charge in [0.05, 0.1) is 31.3 Å². The Bertz CT molecular complexity index is 822. The lowest BCUT2D eigenvalue weighted by Crippen LogP contribution is -2.58. The van der Waals surface area contributed by atoms with Crippen LogP contribution in [0.4, 0.5) is 11.4 Å². The quantitative estimate of drug-likeness (QED) is 0.282. The maximum absolute atomic E-state index is 12.0. The van der Waals surface area contributed by atoms with E-state index in [-0.39, 0.29) is 40.1 Å². The molecule has 1 aromatic rings. The summed E-state index contributed by atoms with van der Waals surface area (Å²) in [6.45, 7) is 10.4. The molecule has 0 aliphatic carbocycles. The number of benzene rings is 1. The number of nitro benzene ring substituents is 1. The van der Waals surface area contributed by atoms with Gasteiger partial charge in [-0.3, -0.25) is 14.9 Å². The fourth-order valence-corrected chi connectivity index (χ4v) is 5.15. The Labute approximate surface area is 178 Å². The number of aliphatic hydroxyl groups is 1. The fraction of sp³-hybridized carbons (Fsp3) is 0.650. The number of aliphatic hydroxyl groups excluding tert-OH is 1. The molecule has 1 aliphatic rings. The lowest BCUT2D eigenvalue weighted by Gasteiger charge is -2.47. The van der Waals surface area contributed by atoms with Crippen LogP contribution in [-0.2, 0) is 4.43 Å². The minimum atomic E-state index is -2.37. The molecule has 0 unspecified atom stereocenters. The minimum absolute atomic E-state index is 0.0919. The number of ether oxygens (including phenoxy) is 2. The molecule has 1 heterocycles. The van der Waals surface area contributed by atoms with Crippen molar-refractivity contribution in [3.8, 4) is 11.5 Å². The van der Waals surface area contributed by atoms with Crippen LogP contribution < -0.4 is 14.4 Å². The second kappa shape index (κ2) is 8.52. The van der Waals surface area contributed by atoms with E-state index in [1.807, 2.05) is 0 Å². The second-order valence-corrected chi connectivity index (χ2v) is 13.7. The number of nitrogens with zero attached hydrogens (tertiary/aromatic N) is 2. The monoisotopic (exact) mass is 440 g/mol. The van der Waals surface area contributed by atoms with Gasteiger partial charge in [0, 0.05) is 12.6 Å². The van der Waals surface area contributed by atoms with Crippen LogP contribution in [0, 0.1) is 10.1 Å². The van der Waals surface area contributed by atoms with Gasteiger partial charge in [0.1, 0.15) is 0 Å². The van der Waals surface area contributed by atoms with Crippen LogP contribution in [0.5, 0.6) is 11.5 Å². The van der Waals surface area contributed by atoms with Crippen LogP contribution in [0.25, 0.3) is 0 Å². The van der Waals surface area contributed by atoms with Crippen LogP contribution in [0.2, 0.25) is 18.1 Å². The van der Waals surface area contributed by atoms with E-state index < -0.39 is 19.0 Å². The lowest BCUT2D eigenvalue weighted by molar-refractivity contribution is -0.384. The number of nitro groups is 1.